The van der Waals surface area contributed by atoms with Gasteiger partial charge in [0.15, 0.2) is 0 Å². The Labute approximate surface area is 113 Å². The summed E-state index contributed by atoms with van der Waals surface area (Å²) in [5.74, 6) is 0. The number of hydrogen-bond acceptors (Lipinski definition) is 3. The minimum atomic E-state index is -3.23. The first-order valence-corrected chi connectivity index (χ1v) is 7.96. The third kappa shape index (κ3) is 3.71. The van der Waals surface area contributed by atoms with E-state index < -0.39 is 10.0 Å². The molecule has 0 atom stereocenters. The lowest BCUT2D eigenvalue weighted by Crippen LogP contribution is -2.18. The molecular formula is C13H19N3O2S. The average molecular weight is 281 g/mol. The van der Waals surface area contributed by atoms with E-state index in [-0.39, 0.29) is 0 Å². The van der Waals surface area contributed by atoms with Crippen LogP contribution in [0.15, 0.2) is 30.5 Å². The lowest BCUT2D eigenvalue weighted by molar-refractivity contribution is 0.387. The van der Waals surface area contributed by atoms with Crippen LogP contribution in [0.1, 0.15) is 0 Å². The number of likely N-dealkylation sites (N-methyl/N-ethyl adjacent to an activating group) is 1. The van der Waals surface area contributed by atoms with Gasteiger partial charge in [0.1, 0.15) is 0 Å². The number of hydrogen-bond donors (Lipinski definition) is 1. The minimum absolute atomic E-state index is 0.597. The molecular weight excluding hydrogens is 262 g/mol. The van der Waals surface area contributed by atoms with E-state index in [1.807, 2.05) is 38.5 Å². The van der Waals surface area contributed by atoms with Crippen molar-refractivity contribution < 1.29 is 8.42 Å². The summed E-state index contributed by atoms with van der Waals surface area (Å²) in [7, 11) is 0.825. The van der Waals surface area contributed by atoms with Crippen LogP contribution in [0.25, 0.3) is 10.9 Å². The lowest BCUT2D eigenvalue weighted by atomic mass is 10.2. The van der Waals surface area contributed by atoms with E-state index in [1.54, 1.807) is 6.07 Å². The van der Waals surface area contributed by atoms with Crippen molar-refractivity contribution in [3.05, 3.63) is 30.5 Å². The molecule has 5 nitrogen and oxygen atoms in total. The van der Waals surface area contributed by atoms with Crippen LogP contribution in [0.5, 0.6) is 0 Å². The quantitative estimate of drug-likeness (QED) is 0.905. The zero-order valence-corrected chi connectivity index (χ0v) is 12.2. The van der Waals surface area contributed by atoms with Crippen molar-refractivity contribution in [2.75, 3.05) is 31.6 Å². The summed E-state index contributed by atoms with van der Waals surface area (Å²) in [6.07, 6.45) is 3.18. The van der Waals surface area contributed by atoms with Gasteiger partial charge in [-0.25, -0.2) is 8.42 Å². The Morgan fingerprint density at radius 1 is 1.26 bits per heavy atom. The smallest absolute Gasteiger partial charge is 0.229 e. The SMILES string of the molecule is CN(C)CCn1ccc2ccc(NS(C)(=O)=O)cc21. The van der Waals surface area contributed by atoms with Crippen LogP contribution in [0.3, 0.4) is 0 Å². The number of nitrogens with zero attached hydrogens (tertiary/aromatic N) is 2. The van der Waals surface area contributed by atoms with Crippen molar-refractivity contribution in [2.45, 2.75) is 6.54 Å². The van der Waals surface area contributed by atoms with Gasteiger partial charge in [-0.1, -0.05) is 6.07 Å². The predicted molar refractivity (Wildman–Crippen MR) is 79.0 cm³/mol. The Kier molecular flexibility index (Phi) is 3.82. The van der Waals surface area contributed by atoms with E-state index in [0.717, 1.165) is 30.2 Å². The van der Waals surface area contributed by atoms with E-state index in [9.17, 15) is 8.42 Å². The summed E-state index contributed by atoms with van der Waals surface area (Å²) in [4.78, 5) is 2.12. The fraction of sp³-hybridized carbons (Fsp3) is 0.385. The predicted octanol–water partition coefficient (Wildman–Crippen LogP) is 1.57. The molecule has 0 unspecified atom stereocenters. The number of sulfonamides is 1. The van der Waals surface area contributed by atoms with Gasteiger partial charge in [0.2, 0.25) is 10.0 Å². The second-order valence-electron chi connectivity index (χ2n) is 4.96. The highest BCUT2D eigenvalue weighted by Gasteiger charge is 2.06. The Morgan fingerprint density at radius 2 is 2.00 bits per heavy atom. The van der Waals surface area contributed by atoms with Gasteiger partial charge in [-0.15, -0.1) is 0 Å². The van der Waals surface area contributed by atoms with Crippen LogP contribution in [0.2, 0.25) is 0 Å². The number of anilines is 1. The summed E-state index contributed by atoms with van der Waals surface area (Å²) in [5, 5.41) is 1.11. The van der Waals surface area contributed by atoms with Gasteiger partial charge in [0.25, 0.3) is 0 Å². The van der Waals surface area contributed by atoms with E-state index in [0.29, 0.717) is 5.69 Å². The molecule has 19 heavy (non-hydrogen) atoms. The van der Waals surface area contributed by atoms with Crippen molar-refractivity contribution in [2.24, 2.45) is 0 Å². The van der Waals surface area contributed by atoms with E-state index in [2.05, 4.69) is 14.2 Å². The molecule has 0 saturated heterocycles. The molecule has 104 valence electrons. The molecule has 0 radical (unpaired) electrons. The van der Waals surface area contributed by atoms with Crippen molar-refractivity contribution in [1.29, 1.82) is 0 Å². The first-order valence-electron chi connectivity index (χ1n) is 6.06. The van der Waals surface area contributed by atoms with Gasteiger partial charge in [0, 0.05) is 19.3 Å². The lowest BCUT2D eigenvalue weighted by Gasteiger charge is -2.12. The molecule has 0 spiro atoms. The summed E-state index contributed by atoms with van der Waals surface area (Å²) < 4.78 is 27.1. The molecule has 0 amide bonds. The molecule has 1 heterocycles. The highest BCUT2D eigenvalue weighted by Crippen LogP contribution is 2.21. The zero-order chi connectivity index (χ0) is 14.0. The largest absolute Gasteiger partial charge is 0.346 e. The Balaban J connectivity index is 2.31. The number of nitrogens with one attached hydrogen (secondary N) is 1. The van der Waals surface area contributed by atoms with Gasteiger partial charge < -0.3 is 9.47 Å². The van der Waals surface area contributed by atoms with E-state index >= 15 is 0 Å². The molecule has 2 aromatic rings. The second kappa shape index (κ2) is 5.22. The standard InChI is InChI=1S/C13H19N3O2S/c1-15(2)8-9-16-7-6-11-4-5-12(10-13(11)16)14-19(3,17)18/h4-7,10,14H,8-9H2,1-3H3. The van der Waals surface area contributed by atoms with Crippen molar-refractivity contribution in [3.63, 3.8) is 0 Å². The van der Waals surface area contributed by atoms with E-state index in [4.69, 9.17) is 0 Å². The molecule has 0 bridgehead atoms. The van der Waals surface area contributed by atoms with Crippen LogP contribution in [-0.4, -0.2) is 44.8 Å². The third-order valence-electron chi connectivity index (χ3n) is 2.87. The Hall–Kier alpha value is -1.53. The molecule has 0 aliphatic rings. The van der Waals surface area contributed by atoms with Gasteiger partial charge in [-0.05, 0) is 37.7 Å². The van der Waals surface area contributed by atoms with Crippen LogP contribution in [0.4, 0.5) is 5.69 Å². The fourth-order valence-corrected chi connectivity index (χ4v) is 2.52. The summed E-state index contributed by atoms with van der Waals surface area (Å²) >= 11 is 0. The first kappa shape index (κ1) is 13.9. The van der Waals surface area contributed by atoms with E-state index in [1.165, 1.54) is 0 Å². The molecule has 1 aromatic heterocycles. The minimum Gasteiger partial charge on any atom is -0.346 e. The number of fused-ring (bicyclic) bond motifs is 1. The maximum atomic E-state index is 11.3. The van der Waals surface area contributed by atoms with Gasteiger partial charge in [-0.3, -0.25) is 4.72 Å². The number of rotatable bonds is 5. The van der Waals surface area contributed by atoms with Crippen molar-refractivity contribution in [1.82, 2.24) is 9.47 Å². The summed E-state index contributed by atoms with van der Waals surface area (Å²) in [6, 6.07) is 7.61. The zero-order valence-electron chi connectivity index (χ0n) is 11.4. The molecule has 2 rings (SSSR count). The van der Waals surface area contributed by atoms with Crippen LogP contribution in [0, 0.1) is 0 Å². The molecule has 0 fully saturated rings. The van der Waals surface area contributed by atoms with Crippen molar-refractivity contribution >= 4 is 26.6 Å². The second-order valence-corrected chi connectivity index (χ2v) is 6.71. The maximum Gasteiger partial charge on any atom is 0.229 e. The Bertz CT molecular complexity index is 674. The molecule has 1 aromatic carbocycles. The monoisotopic (exact) mass is 281 g/mol. The number of aromatic nitrogens is 1. The maximum absolute atomic E-state index is 11.3. The van der Waals surface area contributed by atoms with Gasteiger partial charge >= 0.3 is 0 Å². The topological polar surface area (TPSA) is 54.3 Å². The molecule has 6 heteroatoms. The van der Waals surface area contributed by atoms with Crippen molar-refractivity contribution in [3.8, 4) is 0 Å². The molecule has 1 N–H and O–H groups in total. The highest BCUT2D eigenvalue weighted by atomic mass is 32.2. The highest BCUT2D eigenvalue weighted by molar-refractivity contribution is 7.92. The van der Waals surface area contributed by atoms with Gasteiger partial charge in [-0.2, -0.15) is 0 Å². The Morgan fingerprint density at radius 3 is 2.63 bits per heavy atom. The first-order chi connectivity index (χ1) is 8.85. The third-order valence-corrected chi connectivity index (χ3v) is 3.47. The van der Waals surface area contributed by atoms with Crippen LogP contribution >= 0.6 is 0 Å². The molecule has 0 aliphatic carbocycles. The molecule has 0 saturated carbocycles. The summed E-state index contributed by atoms with van der Waals surface area (Å²) in [5.41, 5.74) is 1.63. The fourth-order valence-electron chi connectivity index (χ4n) is 1.96. The van der Waals surface area contributed by atoms with Crippen LogP contribution in [-0.2, 0) is 16.6 Å². The summed E-state index contributed by atoms with van der Waals surface area (Å²) in [6.45, 7) is 1.81. The molecule has 0 aliphatic heterocycles. The number of benzene rings is 1. The average Bonchev–Trinajstić information content (AvgIpc) is 2.66. The van der Waals surface area contributed by atoms with Crippen LogP contribution < -0.4 is 4.72 Å². The normalized spacial score (nSPS) is 12.2. The van der Waals surface area contributed by atoms with Gasteiger partial charge in [0.05, 0.1) is 17.5 Å².